The topological polar surface area (TPSA) is 78.9 Å². The average molecular weight is 881 g/mol. The minimum atomic E-state index is -0.793. The van der Waals surface area contributed by atoms with Crippen LogP contribution in [0, 0.1) is 0 Å². The molecule has 0 saturated carbocycles. The van der Waals surface area contributed by atoms with Crippen LogP contribution >= 0.6 is 0 Å². The first-order valence-electron chi connectivity index (χ1n) is 26.8. The zero-order valence-corrected chi connectivity index (χ0v) is 41.6. The van der Waals surface area contributed by atoms with Crippen LogP contribution in [0.5, 0.6) is 0 Å². The summed E-state index contributed by atoms with van der Waals surface area (Å²) in [6.07, 6.45) is 63.5. The van der Waals surface area contributed by atoms with E-state index in [9.17, 15) is 14.4 Å². The summed E-state index contributed by atoms with van der Waals surface area (Å²) in [5.74, 6) is -0.933. The molecule has 6 nitrogen and oxygen atoms in total. The van der Waals surface area contributed by atoms with E-state index in [0.717, 1.165) is 96.3 Å². The summed E-state index contributed by atoms with van der Waals surface area (Å²) >= 11 is 0. The summed E-state index contributed by atoms with van der Waals surface area (Å²) in [5.41, 5.74) is 0. The standard InChI is InChI=1S/C57H100O6/c1-4-7-10-13-16-19-22-25-28-31-34-37-40-43-46-49-55(58)61-52-54(63-57(60)51-48-45-42-39-36-33-30-27-24-21-18-15-12-9-6-3)53-62-56(59)50-47-44-41-38-35-32-29-26-23-20-17-14-11-8-5-2/h7,10,16,19,25,27-28,30,34,37,54H,4-6,8-9,11-15,17-18,20-24,26,29,31-33,35-36,38-53H2,1-3H3/b10-7-,19-16-,28-25-,30-27-,37-34-/t54-/m0/s1. The minimum absolute atomic E-state index is 0.0885. The number of allylic oxidation sites excluding steroid dienone is 10. The molecule has 0 unspecified atom stereocenters. The summed E-state index contributed by atoms with van der Waals surface area (Å²) in [4.78, 5) is 38.0. The number of rotatable bonds is 48. The normalized spacial score (nSPS) is 12.5. The number of carbonyl (C=O) groups excluding carboxylic acids is 3. The van der Waals surface area contributed by atoms with Gasteiger partial charge in [-0.2, -0.15) is 0 Å². The first-order chi connectivity index (χ1) is 31.0. The number of esters is 3. The van der Waals surface area contributed by atoms with Crippen LogP contribution in [0.2, 0.25) is 0 Å². The Bertz CT molecular complexity index is 1150. The predicted molar refractivity (Wildman–Crippen MR) is 270 cm³/mol. The third kappa shape index (κ3) is 50.0. The molecule has 0 N–H and O–H groups in total. The lowest BCUT2D eigenvalue weighted by Crippen LogP contribution is -2.30. The van der Waals surface area contributed by atoms with Gasteiger partial charge in [0.1, 0.15) is 13.2 Å². The molecule has 0 heterocycles. The molecule has 0 aliphatic heterocycles. The van der Waals surface area contributed by atoms with Crippen LogP contribution < -0.4 is 0 Å². The maximum Gasteiger partial charge on any atom is 0.306 e. The highest BCUT2D eigenvalue weighted by Crippen LogP contribution is 2.15. The largest absolute Gasteiger partial charge is 0.462 e. The van der Waals surface area contributed by atoms with E-state index in [-0.39, 0.29) is 31.1 Å². The Balaban J connectivity index is 4.44. The maximum absolute atomic E-state index is 12.8. The van der Waals surface area contributed by atoms with Crippen LogP contribution in [-0.2, 0) is 28.6 Å². The van der Waals surface area contributed by atoms with E-state index in [1.165, 1.54) is 128 Å². The third-order valence-electron chi connectivity index (χ3n) is 11.5. The van der Waals surface area contributed by atoms with Gasteiger partial charge in [0.25, 0.3) is 0 Å². The Kier molecular flexibility index (Phi) is 49.4. The molecule has 0 rings (SSSR count). The van der Waals surface area contributed by atoms with Gasteiger partial charge >= 0.3 is 17.9 Å². The SMILES string of the molecule is CC/C=C\C/C=C\C/C=C\C/C=C\CCCCC(=O)OC[C@@H](COC(=O)CCCCCCCCCCCCCCCCC)OC(=O)CCCCCCC/C=C\CCCCCCCC. The van der Waals surface area contributed by atoms with Crippen LogP contribution in [-0.4, -0.2) is 37.2 Å². The Morgan fingerprint density at radius 3 is 1.02 bits per heavy atom. The highest BCUT2D eigenvalue weighted by molar-refractivity contribution is 5.71. The van der Waals surface area contributed by atoms with Crippen molar-refractivity contribution in [2.75, 3.05) is 13.2 Å². The van der Waals surface area contributed by atoms with E-state index in [2.05, 4.69) is 81.5 Å². The molecular formula is C57H100O6. The molecule has 0 bridgehead atoms. The van der Waals surface area contributed by atoms with Crippen molar-refractivity contribution in [2.45, 2.75) is 271 Å². The Labute approximate surface area is 390 Å². The van der Waals surface area contributed by atoms with Crippen molar-refractivity contribution in [1.29, 1.82) is 0 Å². The predicted octanol–water partition coefficient (Wildman–Crippen LogP) is 17.6. The molecule has 0 radical (unpaired) electrons. The second-order valence-corrected chi connectivity index (χ2v) is 17.8. The van der Waals surface area contributed by atoms with Gasteiger partial charge in [0.05, 0.1) is 0 Å². The fourth-order valence-electron chi connectivity index (χ4n) is 7.49. The second-order valence-electron chi connectivity index (χ2n) is 17.8. The van der Waals surface area contributed by atoms with Gasteiger partial charge in [0.2, 0.25) is 0 Å². The lowest BCUT2D eigenvalue weighted by molar-refractivity contribution is -0.167. The molecule has 0 aliphatic carbocycles. The van der Waals surface area contributed by atoms with Crippen LogP contribution in [0.1, 0.15) is 265 Å². The number of hydrogen-bond donors (Lipinski definition) is 0. The Hall–Kier alpha value is -2.89. The lowest BCUT2D eigenvalue weighted by Gasteiger charge is -2.18. The lowest BCUT2D eigenvalue weighted by atomic mass is 10.0. The highest BCUT2D eigenvalue weighted by Gasteiger charge is 2.19. The number of carbonyl (C=O) groups is 3. The van der Waals surface area contributed by atoms with E-state index in [0.29, 0.717) is 19.3 Å². The molecule has 0 aromatic carbocycles. The first kappa shape index (κ1) is 60.1. The van der Waals surface area contributed by atoms with Gasteiger partial charge in [-0.25, -0.2) is 0 Å². The van der Waals surface area contributed by atoms with Crippen molar-refractivity contribution >= 4 is 17.9 Å². The van der Waals surface area contributed by atoms with Crippen molar-refractivity contribution in [3.63, 3.8) is 0 Å². The van der Waals surface area contributed by atoms with E-state index >= 15 is 0 Å². The molecule has 0 amide bonds. The number of unbranched alkanes of at least 4 members (excludes halogenated alkanes) is 27. The molecule has 0 aliphatic rings. The third-order valence-corrected chi connectivity index (χ3v) is 11.5. The fraction of sp³-hybridized carbons (Fsp3) is 0.772. The van der Waals surface area contributed by atoms with Gasteiger partial charge in [-0.05, 0) is 83.5 Å². The molecule has 0 aromatic rings. The average Bonchev–Trinajstić information content (AvgIpc) is 3.28. The van der Waals surface area contributed by atoms with Gasteiger partial charge < -0.3 is 14.2 Å². The van der Waals surface area contributed by atoms with Crippen molar-refractivity contribution in [1.82, 2.24) is 0 Å². The van der Waals surface area contributed by atoms with Crippen LogP contribution in [0.15, 0.2) is 60.8 Å². The summed E-state index contributed by atoms with van der Waals surface area (Å²) in [6, 6.07) is 0. The molecule has 0 saturated heterocycles. The molecule has 0 aromatic heterocycles. The highest BCUT2D eigenvalue weighted by atomic mass is 16.6. The van der Waals surface area contributed by atoms with Gasteiger partial charge in [-0.1, -0.05) is 223 Å². The summed E-state index contributed by atoms with van der Waals surface area (Å²) in [5, 5.41) is 0. The number of hydrogen-bond acceptors (Lipinski definition) is 6. The van der Waals surface area contributed by atoms with E-state index in [1.54, 1.807) is 0 Å². The van der Waals surface area contributed by atoms with Crippen molar-refractivity contribution in [3.05, 3.63) is 60.8 Å². The zero-order valence-electron chi connectivity index (χ0n) is 41.6. The molecule has 6 heteroatoms. The molecule has 0 fully saturated rings. The molecular weight excluding hydrogens is 781 g/mol. The Morgan fingerprint density at radius 2 is 0.619 bits per heavy atom. The quantitative estimate of drug-likeness (QED) is 0.0262. The van der Waals surface area contributed by atoms with E-state index < -0.39 is 6.10 Å². The van der Waals surface area contributed by atoms with Crippen molar-refractivity contribution < 1.29 is 28.6 Å². The summed E-state index contributed by atoms with van der Waals surface area (Å²) < 4.78 is 16.8. The van der Waals surface area contributed by atoms with Crippen LogP contribution in [0.3, 0.4) is 0 Å². The molecule has 63 heavy (non-hydrogen) atoms. The minimum Gasteiger partial charge on any atom is -0.462 e. The van der Waals surface area contributed by atoms with Gasteiger partial charge in [-0.3, -0.25) is 14.4 Å². The maximum atomic E-state index is 12.8. The van der Waals surface area contributed by atoms with E-state index in [1.807, 2.05) is 0 Å². The molecule has 364 valence electrons. The molecule has 1 atom stereocenters. The summed E-state index contributed by atoms with van der Waals surface area (Å²) in [6.45, 7) is 6.49. The van der Waals surface area contributed by atoms with Crippen molar-refractivity contribution in [2.24, 2.45) is 0 Å². The van der Waals surface area contributed by atoms with E-state index in [4.69, 9.17) is 14.2 Å². The Morgan fingerprint density at radius 1 is 0.333 bits per heavy atom. The fourth-order valence-corrected chi connectivity index (χ4v) is 7.49. The number of ether oxygens (including phenoxy) is 3. The first-order valence-corrected chi connectivity index (χ1v) is 26.8. The van der Waals surface area contributed by atoms with Gasteiger partial charge in [0.15, 0.2) is 6.10 Å². The van der Waals surface area contributed by atoms with Crippen LogP contribution in [0.4, 0.5) is 0 Å². The monoisotopic (exact) mass is 881 g/mol. The second kappa shape index (κ2) is 51.7. The van der Waals surface area contributed by atoms with Gasteiger partial charge in [0, 0.05) is 19.3 Å². The smallest absolute Gasteiger partial charge is 0.306 e. The van der Waals surface area contributed by atoms with Gasteiger partial charge in [-0.15, -0.1) is 0 Å². The zero-order chi connectivity index (χ0) is 45.8. The van der Waals surface area contributed by atoms with Crippen LogP contribution in [0.25, 0.3) is 0 Å². The summed E-state index contributed by atoms with van der Waals surface area (Å²) in [7, 11) is 0. The van der Waals surface area contributed by atoms with Crippen molar-refractivity contribution in [3.8, 4) is 0 Å². The molecule has 0 spiro atoms.